The van der Waals surface area contributed by atoms with Crippen LogP contribution in [0.4, 0.5) is 5.69 Å². The van der Waals surface area contributed by atoms with E-state index in [-0.39, 0.29) is 24.1 Å². The Morgan fingerprint density at radius 2 is 1.60 bits per heavy atom. The van der Waals surface area contributed by atoms with Gasteiger partial charge in [0.05, 0.1) is 30.1 Å². The molecule has 0 bridgehead atoms. The number of anilines is 1. The molecule has 7 heteroatoms. The molecule has 1 atom stereocenters. The molecule has 0 saturated heterocycles. The SMILES string of the molecule is CCC1(CC)CC(NC(=O)c2ccccc2N(Cc2ccccc2)S(C)(=O)=O)c2ccccc2O1. The predicted octanol–water partition coefficient (Wildman–Crippen LogP) is 5.47. The zero-order valence-electron chi connectivity index (χ0n) is 20.4. The number of benzene rings is 3. The van der Waals surface area contributed by atoms with E-state index in [0.717, 1.165) is 36.0 Å². The first kappa shape index (κ1) is 24.8. The van der Waals surface area contributed by atoms with E-state index < -0.39 is 10.0 Å². The first-order valence-corrected chi connectivity index (χ1v) is 13.8. The number of hydrogen-bond donors (Lipinski definition) is 1. The summed E-state index contributed by atoms with van der Waals surface area (Å²) in [7, 11) is -3.65. The summed E-state index contributed by atoms with van der Waals surface area (Å²) in [5.41, 5.74) is 2.07. The summed E-state index contributed by atoms with van der Waals surface area (Å²) in [5, 5.41) is 3.18. The number of nitrogens with one attached hydrogen (secondary N) is 1. The standard InChI is InChI=1S/C28H32N2O4S/c1-4-28(5-2)19-24(22-15-10-12-18-26(22)34-28)29-27(31)23-16-9-11-17-25(23)30(35(3,32)33)20-21-13-7-6-8-14-21/h6-18,24H,4-5,19-20H2,1-3H3,(H,29,31). The van der Waals surface area contributed by atoms with Gasteiger partial charge in [0.1, 0.15) is 11.4 Å². The van der Waals surface area contributed by atoms with Crippen LogP contribution in [0.3, 0.4) is 0 Å². The lowest BCUT2D eigenvalue weighted by atomic mass is 9.83. The highest BCUT2D eigenvalue weighted by molar-refractivity contribution is 7.92. The van der Waals surface area contributed by atoms with E-state index in [2.05, 4.69) is 19.2 Å². The van der Waals surface area contributed by atoms with Gasteiger partial charge < -0.3 is 10.1 Å². The molecule has 1 N–H and O–H groups in total. The Balaban J connectivity index is 1.68. The van der Waals surface area contributed by atoms with Crippen LogP contribution in [-0.2, 0) is 16.6 Å². The molecule has 1 aliphatic rings. The molecule has 3 aromatic rings. The average Bonchev–Trinajstić information content (AvgIpc) is 2.87. The summed E-state index contributed by atoms with van der Waals surface area (Å²) in [6.45, 7) is 4.33. The monoisotopic (exact) mass is 492 g/mol. The van der Waals surface area contributed by atoms with Crippen molar-refractivity contribution in [1.82, 2.24) is 5.32 Å². The zero-order chi connectivity index (χ0) is 25.1. The van der Waals surface area contributed by atoms with Crippen molar-refractivity contribution in [1.29, 1.82) is 0 Å². The fraction of sp³-hybridized carbons (Fsp3) is 0.321. The van der Waals surface area contributed by atoms with Gasteiger partial charge >= 0.3 is 0 Å². The number of ether oxygens (including phenoxy) is 1. The Bertz CT molecular complexity index is 1290. The molecule has 0 saturated carbocycles. The van der Waals surface area contributed by atoms with Gasteiger partial charge in [-0.1, -0.05) is 74.5 Å². The van der Waals surface area contributed by atoms with Gasteiger partial charge in [0.25, 0.3) is 5.91 Å². The third-order valence-electron chi connectivity index (χ3n) is 6.78. The number of carbonyl (C=O) groups excluding carboxylic acids is 1. The van der Waals surface area contributed by atoms with E-state index in [9.17, 15) is 13.2 Å². The fourth-order valence-electron chi connectivity index (χ4n) is 4.68. The largest absolute Gasteiger partial charge is 0.487 e. The van der Waals surface area contributed by atoms with E-state index >= 15 is 0 Å². The van der Waals surface area contributed by atoms with Crippen molar-refractivity contribution in [3.63, 3.8) is 0 Å². The van der Waals surface area contributed by atoms with Gasteiger partial charge in [-0.2, -0.15) is 0 Å². The average molecular weight is 493 g/mol. The van der Waals surface area contributed by atoms with Crippen molar-refractivity contribution in [2.24, 2.45) is 0 Å². The van der Waals surface area contributed by atoms with E-state index in [1.54, 1.807) is 24.3 Å². The Morgan fingerprint density at radius 1 is 0.971 bits per heavy atom. The van der Waals surface area contributed by atoms with Crippen molar-refractivity contribution in [3.8, 4) is 5.75 Å². The van der Waals surface area contributed by atoms with Gasteiger partial charge in [0.2, 0.25) is 10.0 Å². The molecular weight excluding hydrogens is 460 g/mol. The Labute approximate surface area is 208 Å². The summed E-state index contributed by atoms with van der Waals surface area (Å²) >= 11 is 0. The topological polar surface area (TPSA) is 75.7 Å². The summed E-state index contributed by atoms with van der Waals surface area (Å²) in [5.74, 6) is 0.466. The van der Waals surface area contributed by atoms with Crippen molar-refractivity contribution in [2.45, 2.75) is 51.3 Å². The molecule has 1 unspecified atom stereocenters. The molecule has 35 heavy (non-hydrogen) atoms. The zero-order valence-corrected chi connectivity index (χ0v) is 21.2. The number of para-hydroxylation sites is 2. The first-order valence-electron chi connectivity index (χ1n) is 12.0. The van der Waals surface area contributed by atoms with Gasteiger partial charge in [-0.25, -0.2) is 8.42 Å². The van der Waals surface area contributed by atoms with Gasteiger partial charge in [0.15, 0.2) is 0 Å². The second-order valence-corrected chi connectivity index (χ2v) is 10.9. The maximum Gasteiger partial charge on any atom is 0.253 e. The van der Waals surface area contributed by atoms with E-state index in [1.165, 1.54) is 4.31 Å². The molecular formula is C28H32N2O4S. The van der Waals surface area contributed by atoms with Gasteiger partial charge in [-0.15, -0.1) is 0 Å². The Hall–Kier alpha value is -3.32. The number of carbonyl (C=O) groups is 1. The van der Waals surface area contributed by atoms with E-state index in [1.807, 2.05) is 54.6 Å². The van der Waals surface area contributed by atoms with Crippen LogP contribution in [0.25, 0.3) is 0 Å². The minimum atomic E-state index is -3.65. The van der Waals surface area contributed by atoms with Crippen molar-refractivity contribution < 1.29 is 17.9 Å². The predicted molar refractivity (Wildman–Crippen MR) is 139 cm³/mol. The lowest BCUT2D eigenvalue weighted by Crippen LogP contribution is -2.44. The van der Waals surface area contributed by atoms with Crippen LogP contribution < -0.4 is 14.4 Å². The maximum atomic E-state index is 13.6. The van der Waals surface area contributed by atoms with Crippen LogP contribution >= 0.6 is 0 Å². The Kier molecular flexibility index (Phi) is 7.17. The molecule has 3 aromatic carbocycles. The van der Waals surface area contributed by atoms with Crippen molar-refractivity contribution in [3.05, 3.63) is 95.6 Å². The maximum absolute atomic E-state index is 13.6. The van der Waals surface area contributed by atoms with Crippen LogP contribution in [0.5, 0.6) is 5.75 Å². The molecule has 1 heterocycles. The minimum absolute atomic E-state index is 0.138. The number of hydrogen-bond acceptors (Lipinski definition) is 4. The van der Waals surface area contributed by atoms with Crippen LogP contribution in [0.2, 0.25) is 0 Å². The molecule has 6 nitrogen and oxygen atoms in total. The number of rotatable bonds is 8. The number of sulfonamides is 1. The van der Waals surface area contributed by atoms with Crippen LogP contribution in [-0.4, -0.2) is 26.2 Å². The minimum Gasteiger partial charge on any atom is -0.487 e. The molecule has 1 amide bonds. The molecule has 0 spiro atoms. The van der Waals surface area contributed by atoms with Crippen molar-refractivity contribution in [2.75, 3.05) is 10.6 Å². The molecule has 1 aliphatic heterocycles. The first-order chi connectivity index (χ1) is 16.8. The van der Waals surface area contributed by atoms with Gasteiger partial charge in [-0.3, -0.25) is 9.10 Å². The number of fused-ring (bicyclic) bond motifs is 1. The molecule has 0 radical (unpaired) electrons. The van der Waals surface area contributed by atoms with E-state index in [0.29, 0.717) is 17.7 Å². The fourth-order valence-corrected chi connectivity index (χ4v) is 5.58. The third-order valence-corrected chi connectivity index (χ3v) is 7.90. The lowest BCUT2D eigenvalue weighted by Gasteiger charge is -2.41. The van der Waals surface area contributed by atoms with Crippen LogP contribution in [0.15, 0.2) is 78.9 Å². The Morgan fingerprint density at radius 3 is 2.29 bits per heavy atom. The highest BCUT2D eigenvalue weighted by atomic mass is 32.2. The quantitative estimate of drug-likeness (QED) is 0.453. The summed E-state index contributed by atoms with van der Waals surface area (Å²) in [6, 6.07) is 23.7. The smallest absolute Gasteiger partial charge is 0.253 e. The molecule has 4 rings (SSSR count). The highest BCUT2D eigenvalue weighted by Gasteiger charge is 2.39. The van der Waals surface area contributed by atoms with Crippen LogP contribution in [0, 0.1) is 0 Å². The lowest BCUT2D eigenvalue weighted by molar-refractivity contribution is 0.0227. The summed E-state index contributed by atoms with van der Waals surface area (Å²) in [6.07, 6.45) is 3.44. The van der Waals surface area contributed by atoms with E-state index in [4.69, 9.17) is 4.74 Å². The number of nitrogens with zero attached hydrogens (tertiary/aromatic N) is 1. The second kappa shape index (κ2) is 10.1. The molecule has 184 valence electrons. The summed E-state index contributed by atoms with van der Waals surface area (Å²) < 4.78 is 33.3. The molecule has 0 aliphatic carbocycles. The van der Waals surface area contributed by atoms with Crippen molar-refractivity contribution >= 4 is 21.6 Å². The highest BCUT2D eigenvalue weighted by Crippen LogP contribution is 2.43. The summed E-state index contributed by atoms with van der Waals surface area (Å²) in [4.78, 5) is 13.6. The normalized spacial score (nSPS) is 16.6. The third kappa shape index (κ3) is 5.35. The van der Waals surface area contributed by atoms with Gasteiger partial charge in [-0.05, 0) is 36.6 Å². The molecule has 0 fully saturated rings. The number of amides is 1. The second-order valence-electron chi connectivity index (χ2n) is 9.03. The molecule has 0 aromatic heterocycles. The van der Waals surface area contributed by atoms with Crippen LogP contribution in [0.1, 0.15) is 60.6 Å². The van der Waals surface area contributed by atoms with Gasteiger partial charge in [0, 0.05) is 12.0 Å².